The Morgan fingerprint density at radius 1 is 0.950 bits per heavy atom. The quantitative estimate of drug-likeness (QED) is 0.829. The molecule has 0 aliphatic heterocycles. The van der Waals surface area contributed by atoms with E-state index in [-0.39, 0.29) is 0 Å². The van der Waals surface area contributed by atoms with E-state index in [4.69, 9.17) is 9.47 Å². The summed E-state index contributed by atoms with van der Waals surface area (Å²) in [5, 5.41) is 0. The number of rotatable bonds is 4. The topological polar surface area (TPSA) is 18.5 Å². The molecule has 0 fully saturated rings. The summed E-state index contributed by atoms with van der Waals surface area (Å²) in [6, 6.07) is 14.5. The van der Waals surface area contributed by atoms with E-state index in [1.54, 1.807) is 7.11 Å². The Kier molecular flexibility index (Phi) is 3.91. The van der Waals surface area contributed by atoms with Crippen LogP contribution in [-0.4, -0.2) is 7.11 Å². The van der Waals surface area contributed by atoms with Gasteiger partial charge in [0, 0.05) is 5.56 Å². The average Bonchev–Trinajstić information content (AvgIpc) is 2.53. The molecule has 104 valence electrons. The van der Waals surface area contributed by atoms with Crippen LogP contribution in [0.1, 0.15) is 29.5 Å². The fourth-order valence-electron chi connectivity index (χ4n) is 2.82. The summed E-state index contributed by atoms with van der Waals surface area (Å²) in [6.45, 7) is 0.591. The van der Waals surface area contributed by atoms with Crippen LogP contribution in [0.4, 0.5) is 0 Å². The molecule has 20 heavy (non-hydrogen) atoms. The monoisotopic (exact) mass is 268 g/mol. The Bertz CT molecular complexity index is 575. The van der Waals surface area contributed by atoms with Crippen molar-refractivity contribution in [3.63, 3.8) is 0 Å². The van der Waals surface area contributed by atoms with Gasteiger partial charge in [0.1, 0.15) is 6.61 Å². The van der Waals surface area contributed by atoms with Crippen LogP contribution >= 0.6 is 0 Å². The first-order chi connectivity index (χ1) is 9.88. The second-order valence-electron chi connectivity index (χ2n) is 5.22. The molecular formula is C18H20O2. The summed E-state index contributed by atoms with van der Waals surface area (Å²) in [7, 11) is 1.71. The third-order valence-corrected chi connectivity index (χ3v) is 3.89. The number of hydrogen-bond acceptors (Lipinski definition) is 2. The zero-order valence-corrected chi connectivity index (χ0v) is 11.9. The normalized spacial score (nSPS) is 13.7. The Morgan fingerprint density at radius 3 is 2.55 bits per heavy atom. The number of ether oxygens (including phenoxy) is 2. The third kappa shape index (κ3) is 2.64. The Labute approximate surface area is 120 Å². The van der Waals surface area contributed by atoms with Crippen LogP contribution in [0, 0.1) is 0 Å². The molecule has 0 radical (unpaired) electrons. The molecule has 0 aromatic heterocycles. The van der Waals surface area contributed by atoms with Crippen molar-refractivity contribution in [3.8, 4) is 11.5 Å². The van der Waals surface area contributed by atoms with Crippen LogP contribution in [0.3, 0.4) is 0 Å². The van der Waals surface area contributed by atoms with Gasteiger partial charge >= 0.3 is 0 Å². The highest BCUT2D eigenvalue weighted by molar-refractivity contribution is 5.51. The van der Waals surface area contributed by atoms with Crippen molar-refractivity contribution < 1.29 is 9.47 Å². The maximum absolute atomic E-state index is 6.09. The van der Waals surface area contributed by atoms with E-state index in [1.165, 1.54) is 29.5 Å². The largest absolute Gasteiger partial charge is 0.493 e. The molecule has 2 aromatic rings. The predicted octanol–water partition coefficient (Wildman–Crippen LogP) is 4.15. The highest BCUT2D eigenvalue weighted by Gasteiger charge is 2.18. The molecule has 0 spiro atoms. The molecule has 0 saturated carbocycles. The molecule has 2 heteroatoms. The van der Waals surface area contributed by atoms with Crippen LogP contribution in [-0.2, 0) is 19.4 Å². The molecule has 0 heterocycles. The minimum Gasteiger partial charge on any atom is -0.493 e. The lowest BCUT2D eigenvalue weighted by Crippen LogP contribution is -2.07. The van der Waals surface area contributed by atoms with Crippen LogP contribution in [0.15, 0.2) is 42.5 Å². The standard InChI is InChI=1S/C18H20O2/c1-19-17-12-11-15-9-5-6-10-16(15)18(17)20-13-14-7-3-2-4-8-14/h2-4,7-8,11-12H,5-6,9-10,13H2,1H3. The third-order valence-electron chi connectivity index (χ3n) is 3.89. The minimum absolute atomic E-state index is 0.591. The predicted molar refractivity (Wildman–Crippen MR) is 80.4 cm³/mol. The molecule has 0 amide bonds. The summed E-state index contributed by atoms with van der Waals surface area (Å²) >= 11 is 0. The van der Waals surface area contributed by atoms with E-state index >= 15 is 0 Å². The summed E-state index contributed by atoms with van der Waals surface area (Å²) in [6.07, 6.45) is 4.76. The molecule has 0 bridgehead atoms. The molecule has 1 aliphatic rings. The van der Waals surface area contributed by atoms with Crippen molar-refractivity contribution in [1.82, 2.24) is 0 Å². The minimum atomic E-state index is 0.591. The van der Waals surface area contributed by atoms with Crippen molar-refractivity contribution in [2.45, 2.75) is 32.3 Å². The zero-order chi connectivity index (χ0) is 13.8. The first-order valence-electron chi connectivity index (χ1n) is 7.24. The lowest BCUT2D eigenvalue weighted by Gasteiger charge is -2.21. The van der Waals surface area contributed by atoms with Crippen molar-refractivity contribution in [2.75, 3.05) is 7.11 Å². The van der Waals surface area contributed by atoms with Crippen LogP contribution in [0.5, 0.6) is 11.5 Å². The molecule has 2 nitrogen and oxygen atoms in total. The zero-order valence-electron chi connectivity index (χ0n) is 11.9. The van der Waals surface area contributed by atoms with Crippen molar-refractivity contribution in [1.29, 1.82) is 0 Å². The maximum atomic E-state index is 6.09. The molecule has 0 saturated heterocycles. The molecule has 0 unspecified atom stereocenters. The van der Waals surface area contributed by atoms with Crippen molar-refractivity contribution >= 4 is 0 Å². The van der Waals surface area contributed by atoms with Crippen LogP contribution < -0.4 is 9.47 Å². The van der Waals surface area contributed by atoms with Gasteiger partial charge in [-0.15, -0.1) is 0 Å². The summed E-state index contributed by atoms with van der Waals surface area (Å²) < 4.78 is 11.6. The Hall–Kier alpha value is -1.96. The van der Waals surface area contributed by atoms with E-state index in [0.29, 0.717) is 6.61 Å². The second kappa shape index (κ2) is 6.00. The SMILES string of the molecule is COc1ccc2c(c1OCc1ccccc1)CCCC2. The van der Waals surface area contributed by atoms with Gasteiger partial charge in [-0.3, -0.25) is 0 Å². The fourth-order valence-corrected chi connectivity index (χ4v) is 2.82. The summed E-state index contributed by atoms with van der Waals surface area (Å²) in [4.78, 5) is 0. The van der Waals surface area contributed by atoms with E-state index in [1.807, 2.05) is 24.3 Å². The number of fused-ring (bicyclic) bond motifs is 1. The van der Waals surface area contributed by atoms with Gasteiger partial charge in [-0.25, -0.2) is 0 Å². The maximum Gasteiger partial charge on any atom is 0.165 e. The Balaban J connectivity index is 1.87. The van der Waals surface area contributed by atoms with E-state index < -0.39 is 0 Å². The molecular weight excluding hydrogens is 248 g/mol. The summed E-state index contributed by atoms with van der Waals surface area (Å²) in [5.74, 6) is 1.79. The molecule has 0 N–H and O–H groups in total. The lowest BCUT2D eigenvalue weighted by molar-refractivity contribution is 0.280. The Morgan fingerprint density at radius 2 is 1.75 bits per heavy atom. The first-order valence-corrected chi connectivity index (χ1v) is 7.24. The van der Waals surface area contributed by atoms with Gasteiger partial charge in [-0.1, -0.05) is 36.4 Å². The van der Waals surface area contributed by atoms with E-state index in [0.717, 1.165) is 24.3 Å². The van der Waals surface area contributed by atoms with Gasteiger partial charge < -0.3 is 9.47 Å². The van der Waals surface area contributed by atoms with Crippen LogP contribution in [0.2, 0.25) is 0 Å². The fraction of sp³-hybridized carbons (Fsp3) is 0.333. The second-order valence-corrected chi connectivity index (χ2v) is 5.22. The smallest absolute Gasteiger partial charge is 0.165 e. The molecule has 3 rings (SSSR count). The average molecular weight is 268 g/mol. The lowest BCUT2D eigenvalue weighted by atomic mass is 9.91. The number of aryl methyl sites for hydroxylation is 1. The van der Waals surface area contributed by atoms with Gasteiger partial charge in [0.25, 0.3) is 0 Å². The van der Waals surface area contributed by atoms with Gasteiger partial charge in [-0.05, 0) is 42.9 Å². The molecule has 1 aliphatic carbocycles. The van der Waals surface area contributed by atoms with Gasteiger partial charge in [-0.2, -0.15) is 0 Å². The van der Waals surface area contributed by atoms with Gasteiger partial charge in [0.2, 0.25) is 0 Å². The molecule has 2 aromatic carbocycles. The van der Waals surface area contributed by atoms with Crippen molar-refractivity contribution in [3.05, 3.63) is 59.2 Å². The number of hydrogen-bond donors (Lipinski definition) is 0. The summed E-state index contributed by atoms with van der Waals surface area (Å²) in [5.41, 5.74) is 3.94. The first kappa shape index (κ1) is 13.0. The molecule has 0 atom stereocenters. The van der Waals surface area contributed by atoms with E-state index in [2.05, 4.69) is 18.2 Å². The number of benzene rings is 2. The highest BCUT2D eigenvalue weighted by atomic mass is 16.5. The highest BCUT2D eigenvalue weighted by Crippen LogP contribution is 2.37. The number of methoxy groups -OCH3 is 1. The van der Waals surface area contributed by atoms with Crippen LogP contribution in [0.25, 0.3) is 0 Å². The van der Waals surface area contributed by atoms with Gasteiger partial charge in [0.05, 0.1) is 7.11 Å². The van der Waals surface area contributed by atoms with Crippen molar-refractivity contribution in [2.24, 2.45) is 0 Å². The van der Waals surface area contributed by atoms with Gasteiger partial charge in [0.15, 0.2) is 11.5 Å². The van der Waals surface area contributed by atoms with E-state index in [9.17, 15) is 0 Å².